The van der Waals surface area contributed by atoms with Crippen LogP contribution in [-0.2, 0) is 0 Å². The Bertz CT molecular complexity index is 3530. The number of nitrogens with zero attached hydrogens (tertiary/aromatic N) is 4. The van der Waals surface area contributed by atoms with Gasteiger partial charge in [0, 0.05) is 69.7 Å². The highest BCUT2D eigenvalue weighted by atomic mass is 32.1. The number of hydrogen-bond acceptors (Lipinski definition) is 5. The van der Waals surface area contributed by atoms with Gasteiger partial charge in [-0.05, 0) is 60.2 Å². The van der Waals surface area contributed by atoms with Crippen molar-refractivity contribution in [3.63, 3.8) is 0 Å². The van der Waals surface area contributed by atoms with Crippen LogP contribution in [0.25, 0.3) is 115 Å². The first-order valence-corrected chi connectivity index (χ1v) is 19.8. The summed E-state index contributed by atoms with van der Waals surface area (Å²) in [5.74, 6) is 1.87. The van der Waals surface area contributed by atoms with Crippen LogP contribution >= 0.6 is 11.3 Å². The van der Waals surface area contributed by atoms with E-state index in [4.69, 9.17) is 19.4 Å². The fraction of sp³-hybridized carbons (Fsp3) is 0. The molecule has 0 saturated heterocycles. The lowest BCUT2D eigenvalue weighted by Crippen LogP contribution is -2.00. The normalized spacial score (nSPS) is 11.9. The summed E-state index contributed by atoms with van der Waals surface area (Å²) in [4.78, 5) is 15.3. The predicted octanol–water partition coefficient (Wildman–Crippen LogP) is 13.9. The molecule has 12 rings (SSSR count). The van der Waals surface area contributed by atoms with Crippen molar-refractivity contribution >= 4 is 75.3 Å². The highest BCUT2D eigenvalue weighted by Crippen LogP contribution is 2.42. The summed E-state index contributed by atoms with van der Waals surface area (Å²) < 4.78 is 11.6. The summed E-state index contributed by atoms with van der Waals surface area (Å²) in [6, 6.07) is 63.7. The van der Waals surface area contributed by atoms with E-state index >= 15 is 0 Å². The van der Waals surface area contributed by atoms with Crippen LogP contribution in [0.1, 0.15) is 0 Å². The second-order valence-corrected chi connectivity index (χ2v) is 15.4. The molecule has 4 heterocycles. The van der Waals surface area contributed by atoms with Crippen molar-refractivity contribution < 1.29 is 4.42 Å². The molecule has 12 aromatic rings. The Hall–Kier alpha value is -7.41. The number of para-hydroxylation sites is 3. The molecule has 0 bridgehead atoms. The summed E-state index contributed by atoms with van der Waals surface area (Å²) >= 11 is 1.79. The molecule has 0 N–H and O–H groups in total. The smallest absolute Gasteiger partial charge is 0.164 e. The van der Waals surface area contributed by atoms with Gasteiger partial charge in [0.05, 0.1) is 11.0 Å². The molecule has 0 saturated carbocycles. The van der Waals surface area contributed by atoms with Gasteiger partial charge >= 0.3 is 0 Å². The zero-order valence-corrected chi connectivity index (χ0v) is 31.2. The third-order valence-corrected chi connectivity index (χ3v) is 12.2. The fourth-order valence-corrected chi connectivity index (χ4v) is 9.60. The van der Waals surface area contributed by atoms with Gasteiger partial charge in [-0.2, -0.15) is 0 Å². The molecule has 8 aromatic carbocycles. The highest BCUT2D eigenvalue weighted by molar-refractivity contribution is 7.25. The minimum Gasteiger partial charge on any atom is -0.455 e. The lowest BCUT2D eigenvalue weighted by molar-refractivity contribution is 0.670. The Morgan fingerprint density at radius 3 is 1.93 bits per heavy atom. The Morgan fingerprint density at radius 2 is 1.05 bits per heavy atom. The molecular weight excluding hydrogens is 717 g/mol. The minimum atomic E-state index is 0.596. The zero-order chi connectivity index (χ0) is 37.5. The molecule has 0 fully saturated rings. The van der Waals surface area contributed by atoms with E-state index in [1.807, 2.05) is 30.3 Å². The van der Waals surface area contributed by atoms with E-state index in [0.717, 1.165) is 60.8 Å². The Morgan fingerprint density at radius 1 is 0.404 bits per heavy atom. The monoisotopic (exact) mass is 746 g/mol. The van der Waals surface area contributed by atoms with E-state index in [9.17, 15) is 0 Å². The van der Waals surface area contributed by atoms with Gasteiger partial charge in [-0.15, -0.1) is 11.3 Å². The molecule has 0 aliphatic heterocycles. The predicted molar refractivity (Wildman–Crippen MR) is 236 cm³/mol. The van der Waals surface area contributed by atoms with Crippen molar-refractivity contribution in [3.05, 3.63) is 182 Å². The van der Waals surface area contributed by atoms with Crippen molar-refractivity contribution in [2.24, 2.45) is 0 Å². The minimum absolute atomic E-state index is 0.596. The van der Waals surface area contributed by atoms with Crippen LogP contribution in [0.2, 0.25) is 0 Å². The SMILES string of the molecule is c1ccc(-c2nc(-c3ccc4c(c3)oc3c(-c5ccc6c(c5)c5ccccc5n6-c5ccccc5)cccc34)nc(-c3cccc4sc5ccccc5c34)n2)cc1. The van der Waals surface area contributed by atoms with Crippen LogP contribution in [-0.4, -0.2) is 19.5 Å². The zero-order valence-electron chi connectivity index (χ0n) is 30.4. The first-order valence-electron chi connectivity index (χ1n) is 19.0. The lowest BCUT2D eigenvalue weighted by Gasteiger charge is -2.09. The first-order chi connectivity index (χ1) is 28.2. The number of benzene rings is 8. The third-order valence-electron chi connectivity index (χ3n) is 11.1. The van der Waals surface area contributed by atoms with Gasteiger partial charge in [0.1, 0.15) is 11.2 Å². The maximum Gasteiger partial charge on any atom is 0.164 e. The summed E-state index contributed by atoms with van der Waals surface area (Å²) in [6.45, 7) is 0. The number of hydrogen-bond donors (Lipinski definition) is 0. The number of aromatic nitrogens is 4. The molecule has 57 heavy (non-hydrogen) atoms. The first kappa shape index (κ1) is 31.9. The van der Waals surface area contributed by atoms with E-state index in [-0.39, 0.29) is 0 Å². The van der Waals surface area contributed by atoms with Crippen LogP contribution in [0.5, 0.6) is 0 Å². The number of rotatable bonds is 5. The van der Waals surface area contributed by atoms with Crippen LogP contribution in [0.4, 0.5) is 0 Å². The summed E-state index contributed by atoms with van der Waals surface area (Å²) in [7, 11) is 0. The Labute approximate surface area is 330 Å². The standard InChI is InChI=1S/C51H30N4OS/c1-3-13-31(14-4-1)49-52-50(54-51(53-49)40-21-12-24-46-47(40)39-18-8-10-23-45(39)57-46)33-25-27-37-38-20-11-19-35(48(38)56-44(37)30-33)32-26-28-43-41(29-32)36-17-7-9-22-42(36)55(43)34-15-5-2-6-16-34/h1-30H. The number of fused-ring (bicyclic) bond motifs is 9. The quantitative estimate of drug-likeness (QED) is 0.176. The van der Waals surface area contributed by atoms with Crippen molar-refractivity contribution in [2.75, 3.05) is 0 Å². The maximum atomic E-state index is 6.82. The van der Waals surface area contributed by atoms with E-state index in [0.29, 0.717) is 17.5 Å². The molecular formula is C51H30N4OS. The molecule has 5 nitrogen and oxygen atoms in total. The van der Waals surface area contributed by atoms with Gasteiger partial charge in [0.25, 0.3) is 0 Å². The van der Waals surface area contributed by atoms with E-state index in [1.54, 1.807) is 11.3 Å². The fourth-order valence-electron chi connectivity index (χ4n) is 8.46. The molecule has 6 heteroatoms. The third kappa shape index (κ3) is 5.04. The largest absolute Gasteiger partial charge is 0.455 e. The van der Waals surface area contributed by atoms with Gasteiger partial charge in [0.2, 0.25) is 0 Å². The van der Waals surface area contributed by atoms with Crippen LogP contribution in [0, 0.1) is 0 Å². The highest BCUT2D eigenvalue weighted by Gasteiger charge is 2.20. The van der Waals surface area contributed by atoms with Gasteiger partial charge in [-0.25, -0.2) is 15.0 Å². The molecule has 0 unspecified atom stereocenters. The second kappa shape index (κ2) is 12.6. The molecule has 0 aliphatic carbocycles. The number of furan rings is 1. The van der Waals surface area contributed by atoms with Crippen molar-refractivity contribution in [1.29, 1.82) is 0 Å². The lowest BCUT2D eigenvalue weighted by atomic mass is 10.00. The van der Waals surface area contributed by atoms with Crippen LogP contribution in [0.3, 0.4) is 0 Å². The summed E-state index contributed by atoms with van der Waals surface area (Å²) in [6.07, 6.45) is 0. The van der Waals surface area contributed by atoms with Crippen LogP contribution < -0.4 is 0 Å². The van der Waals surface area contributed by atoms with Gasteiger partial charge in [-0.3, -0.25) is 0 Å². The number of thiophene rings is 1. The Balaban J connectivity index is 1.02. The summed E-state index contributed by atoms with van der Waals surface area (Å²) in [5, 5.41) is 6.90. The van der Waals surface area contributed by atoms with Gasteiger partial charge in [-0.1, -0.05) is 127 Å². The van der Waals surface area contributed by atoms with Crippen molar-refractivity contribution in [3.8, 4) is 51.0 Å². The maximum absolute atomic E-state index is 6.82. The topological polar surface area (TPSA) is 56.7 Å². The molecule has 0 radical (unpaired) electrons. The van der Waals surface area contributed by atoms with Gasteiger partial charge < -0.3 is 8.98 Å². The molecule has 0 atom stereocenters. The summed E-state index contributed by atoms with van der Waals surface area (Å²) in [5.41, 5.74) is 10.1. The molecule has 0 amide bonds. The van der Waals surface area contributed by atoms with E-state index in [1.165, 1.54) is 36.6 Å². The second-order valence-electron chi connectivity index (χ2n) is 14.4. The molecule has 266 valence electrons. The van der Waals surface area contributed by atoms with Gasteiger partial charge in [0.15, 0.2) is 17.5 Å². The van der Waals surface area contributed by atoms with Crippen LogP contribution in [0.15, 0.2) is 186 Å². The molecule has 4 aromatic heterocycles. The average Bonchev–Trinajstić information content (AvgIpc) is 3.96. The average molecular weight is 747 g/mol. The van der Waals surface area contributed by atoms with Crippen molar-refractivity contribution in [2.45, 2.75) is 0 Å². The molecule has 0 aliphatic rings. The van der Waals surface area contributed by atoms with E-state index < -0.39 is 0 Å². The Kier molecular flexibility index (Phi) is 7.03. The van der Waals surface area contributed by atoms with E-state index in [2.05, 4.69) is 156 Å². The molecule has 0 spiro atoms. The van der Waals surface area contributed by atoms with Crippen molar-refractivity contribution in [1.82, 2.24) is 19.5 Å².